The van der Waals surface area contributed by atoms with Gasteiger partial charge in [-0.3, -0.25) is 0 Å². The van der Waals surface area contributed by atoms with E-state index < -0.39 is 0 Å². The summed E-state index contributed by atoms with van der Waals surface area (Å²) in [5, 5.41) is 13.2. The van der Waals surface area contributed by atoms with Crippen molar-refractivity contribution in [3.05, 3.63) is 33.8 Å². The van der Waals surface area contributed by atoms with E-state index in [0.717, 1.165) is 5.56 Å². The number of halogens is 2. The molecule has 86 valence electrons. The van der Waals surface area contributed by atoms with Gasteiger partial charge in [-0.25, -0.2) is 0 Å². The van der Waals surface area contributed by atoms with Crippen molar-refractivity contribution < 1.29 is 0 Å². The van der Waals surface area contributed by atoms with Crippen LogP contribution in [0.3, 0.4) is 0 Å². The van der Waals surface area contributed by atoms with Gasteiger partial charge in [0.2, 0.25) is 0 Å². The van der Waals surface area contributed by atoms with Gasteiger partial charge in [0.25, 0.3) is 0 Å². The van der Waals surface area contributed by atoms with Crippen LogP contribution in [0.4, 0.5) is 0 Å². The molecule has 0 aromatic heterocycles. The van der Waals surface area contributed by atoms with E-state index >= 15 is 0 Å². The quantitative estimate of drug-likeness (QED) is 0.886. The maximum absolute atomic E-state index is 8.58. The second-order valence-corrected chi connectivity index (χ2v) is 4.66. The minimum Gasteiger partial charge on any atom is -0.307 e. The molecule has 1 rings (SSSR count). The Hall–Kier alpha value is -0.750. The monoisotopic (exact) mass is 256 g/mol. The second-order valence-electron chi connectivity index (χ2n) is 3.82. The molecule has 1 N–H and O–H groups in total. The standard InChI is InChI=1S/C12H14Cl2N2/c1-8(5-6-15)16-9(2)11-4-3-10(13)7-12(11)14/h3-4,7-9,16H,5H2,1-2H3. The zero-order chi connectivity index (χ0) is 12.1. The van der Waals surface area contributed by atoms with Gasteiger partial charge in [0, 0.05) is 22.1 Å². The fourth-order valence-corrected chi connectivity index (χ4v) is 2.14. The average molecular weight is 257 g/mol. The highest BCUT2D eigenvalue weighted by Crippen LogP contribution is 2.26. The lowest BCUT2D eigenvalue weighted by molar-refractivity contribution is 0.485. The molecule has 0 spiro atoms. The van der Waals surface area contributed by atoms with Crippen molar-refractivity contribution in [1.29, 1.82) is 5.26 Å². The summed E-state index contributed by atoms with van der Waals surface area (Å²) in [6.07, 6.45) is 0.482. The van der Waals surface area contributed by atoms with E-state index in [-0.39, 0.29) is 12.1 Å². The van der Waals surface area contributed by atoms with Gasteiger partial charge in [0.05, 0.1) is 12.5 Å². The van der Waals surface area contributed by atoms with Gasteiger partial charge in [0.15, 0.2) is 0 Å². The molecule has 0 fully saturated rings. The van der Waals surface area contributed by atoms with Gasteiger partial charge in [-0.05, 0) is 31.5 Å². The first-order chi connectivity index (χ1) is 7.54. The summed E-state index contributed by atoms with van der Waals surface area (Å²) in [6.45, 7) is 3.99. The molecule has 0 saturated carbocycles. The molecule has 4 heteroatoms. The molecule has 0 aliphatic rings. The van der Waals surface area contributed by atoms with E-state index in [1.165, 1.54) is 0 Å². The van der Waals surface area contributed by atoms with Gasteiger partial charge in [-0.1, -0.05) is 29.3 Å². The zero-order valence-corrected chi connectivity index (χ0v) is 10.8. The number of rotatable bonds is 4. The van der Waals surface area contributed by atoms with Crippen molar-refractivity contribution in [3.8, 4) is 6.07 Å². The Balaban J connectivity index is 2.73. The summed E-state index contributed by atoms with van der Waals surface area (Å²) in [6, 6.07) is 7.83. The van der Waals surface area contributed by atoms with Crippen LogP contribution in [0.5, 0.6) is 0 Å². The van der Waals surface area contributed by atoms with Crippen LogP contribution in [0.2, 0.25) is 10.0 Å². The van der Waals surface area contributed by atoms with Gasteiger partial charge in [-0.2, -0.15) is 5.26 Å². The van der Waals surface area contributed by atoms with Crippen LogP contribution in [-0.4, -0.2) is 6.04 Å². The fourth-order valence-electron chi connectivity index (χ4n) is 1.57. The van der Waals surface area contributed by atoms with Crippen molar-refractivity contribution in [2.24, 2.45) is 0 Å². The molecule has 0 radical (unpaired) electrons. The number of hydrogen-bond acceptors (Lipinski definition) is 2. The maximum Gasteiger partial charge on any atom is 0.0638 e. The number of benzene rings is 1. The van der Waals surface area contributed by atoms with Crippen LogP contribution in [-0.2, 0) is 0 Å². The number of nitriles is 1. The molecule has 16 heavy (non-hydrogen) atoms. The van der Waals surface area contributed by atoms with E-state index in [2.05, 4.69) is 11.4 Å². The molecule has 2 nitrogen and oxygen atoms in total. The Kier molecular flexibility index (Phi) is 5.08. The highest BCUT2D eigenvalue weighted by atomic mass is 35.5. The Labute approximate surface area is 106 Å². The molecule has 0 saturated heterocycles. The van der Waals surface area contributed by atoms with Crippen molar-refractivity contribution in [1.82, 2.24) is 5.32 Å². The molecule has 0 aliphatic carbocycles. The van der Waals surface area contributed by atoms with Crippen molar-refractivity contribution in [2.75, 3.05) is 0 Å². The Morgan fingerprint density at radius 3 is 2.62 bits per heavy atom. The predicted octanol–water partition coefficient (Wildman–Crippen LogP) is 3.95. The normalized spacial score (nSPS) is 14.2. The highest BCUT2D eigenvalue weighted by molar-refractivity contribution is 6.35. The van der Waals surface area contributed by atoms with Crippen LogP contribution in [0.15, 0.2) is 18.2 Å². The fraction of sp³-hybridized carbons (Fsp3) is 0.417. The van der Waals surface area contributed by atoms with Crippen LogP contribution in [0.25, 0.3) is 0 Å². The van der Waals surface area contributed by atoms with Crippen molar-refractivity contribution in [3.63, 3.8) is 0 Å². The Morgan fingerprint density at radius 1 is 1.38 bits per heavy atom. The molecule has 2 unspecified atom stereocenters. The van der Waals surface area contributed by atoms with Gasteiger partial charge >= 0.3 is 0 Å². The molecule has 1 aromatic carbocycles. The van der Waals surface area contributed by atoms with Crippen molar-refractivity contribution >= 4 is 23.2 Å². The summed E-state index contributed by atoms with van der Waals surface area (Å²) >= 11 is 11.9. The van der Waals surface area contributed by atoms with Crippen LogP contribution >= 0.6 is 23.2 Å². The molecular weight excluding hydrogens is 243 g/mol. The minimum absolute atomic E-state index is 0.105. The first kappa shape index (κ1) is 13.3. The lowest BCUT2D eigenvalue weighted by Crippen LogP contribution is -2.28. The number of nitrogens with zero attached hydrogens (tertiary/aromatic N) is 1. The van der Waals surface area contributed by atoms with E-state index in [9.17, 15) is 0 Å². The molecule has 2 atom stereocenters. The lowest BCUT2D eigenvalue weighted by atomic mass is 10.1. The van der Waals surface area contributed by atoms with E-state index in [0.29, 0.717) is 16.5 Å². The molecular formula is C12H14Cl2N2. The maximum atomic E-state index is 8.58. The van der Waals surface area contributed by atoms with Crippen LogP contribution < -0.4 is 5.32 Å². The van der Waals surface area contributed by atoms with E-state index in [1.807, 2.05) is 26.0 Å². The molecule has 1 aromatic rings. The SMILES string of the molecule is CC(CC#N)NC(C)c1ccc(Cl)cc1Cl. The van der Waals surface area contributed by atoms with Crippen LogP contribution in [0.1, 0.15) is 31.9 Å². The molecule has 0 bridgehead atoms. The first-order valence-corrected chi connectivity index (χ1v) is 5.88. The molecule has 0 amide bonds. The summed E-state index contributed by atoms with van der Waals surface area (Å²) < 4.78 is 0. The summed E-state index contributed by atoms with van der Waals surface area (Å²) in [4.78, 5) is 0. The zero-order valence-electron chi connectivity index (χ0n) is 9.30. The number of hydrogen-bond donors (Lipinski definition) is 1. The minimum atomic E-state index is 0.105. The smallest absolute Gasteiger partial charge is 0.0638 e. The Morgan fingerprint density at radius 2 is 2.06 bits per heavy atom. The lowest BCUT2D eigenvalue weighted by Gasteiger charge is -2.19. The Bertz CT molecular complexity index is 398. The van der Waals surface area contributed by atoms with E-state index in [4.69, 9.17) is 28.5 Å². The van der Waals surface area contributed by atoms with Crippen molar-refractivity contribution in [2.45, 2.75) is 32.4 Å². The topological polar surface area (TPSA) is 35.8 Å². The third-order valence-electron chi connectivity index (χ3n) is 2.36. The molecule has 0 aliphatic heterocycles. The summed E-state index contributed by atoms with van der Waals surface area (Å²) in [7, 11) is 0. The largest absolute Gasteiger partial charge is 0.307 e. The second kappa shape index (κ2) is 6.10. The average Bonchev–Trinajstić information content (AvgIpc) is 2.17. The van der Waals surface area contributed by atoms with E-state index in [1.54, 1.807) is 6.07 Å². The first-order valence-electron chi connectivity index (χ1n) is 5.12. The summed E-state index contributed by atoms with van der Waals surface area (Å²) in [5.74, 6) is 0. The molecule has 0 heterocycles. The van der Waals surface area contributed by atoms with Gasteiger partial charge in [0.1, 0.15) is 0 Å². The third kappa shape index (κ3) is 3.68. The predicted molar refractivity (Wildman–Crippen MR) is 67.7 cm³/mol. The number of nitrogens with one attached hydrogen (secondary N) is 1. The highest BCUT2D eigenvalue weighted by Gasteiger charge is 2.12. The van der Waals surface area contributed by atoms with Gasteiger partial charge < -0.3 is 5.32 Å². The summed E-state index contributed by atoms with van der Waals surface area (Å²) in [5.41, 5.74) is 0.996. The van der Waals surface area contributed by atoms with Crippen LogP contribution in [0, 0.1) is 11.3 Å². The van der Waals surface area contributed by atoms with Gasteiger partial charge in [-0.15, -0.1) is 0 Å². The third-order valence-corrected chi connectivity index (χ3v) is 2.92.